The molecule has 0 aromatic carbocycles. The van der Waals surface area contributed by atoms with Crippen LogP contribution >= 0.6 is 0 Å². The van der Waals surface area contributed by atoms with Crippen LogP contribution in [-0.4, -0.2) is 0 Å². The molecule has 0 N–H and O–H groups in total. The lowest BCUT2D eigenvalue weighted by atomic mass is 9.53. The van der Waals surface area contributed by atoms with Crippen molar-refractivity contribution in [3.63, 3.8) is 0 Å². The van der Waals surface area contributed by atoms with Crippen LogP contribution in [0.2, 0.25) is 0 Å². The van der Waals surface area contributed by atoms with E-state index in [2.05, 4.69) is 13.8 Å². The van der Waals surface area contributed by atoms with E-state index in [1.165, 1.54) is 25.7 Å². The normalized spacial score (nSPS) is 47.1. The standard InChI is InChI=1S/C13H20/c1-8(2)13-11-4-9-3-10(6-11)7-12(13)5-9/h9-12H,3-7H2,1-2H3. The molecule has 4 aliphatic carbocycles. The van der Waals surface area contributed by atoms with Crippen molar-refractivity contribution in [2.75, 3.05) is 0 Å². The second kappa shape index (κ2) is 2.62. The molecule has 0 aromatic rings. The number of rotatable bonds is 0. The Morgan fingerprint density at radius 3 is 1.69 bits per heavy atom. The van der Waals surface area contributed by atoms with E-state index >= 15 is 0 Å². The summed E-state index contributed by atoms with van der Waals surface area (Å²) in [7, 11) is 0. The molecule has 13 heavy (non-hydrogen) atoms. The number of allylic oxidation sites excluding steroid dienone is 2. The van der Waals surface area contributed by atoms with Gasteiger partial charge in [0.1, 0.15) is 0 Å². The summed E-state index contributed by atoms with van der Waals surface area (Å²) in [6.07, 6.45) is 7.71. The topological polar surface area (TPSA) is 0 Å². The van der Waals surface area contributed by atoms with Gasteiger partial charge in [0.05, 0.1) is 0 Å². The van der Waals surface area contributed by atoms with Crippen molar-refractivity contribution in [3.05, 3.63) is 11.1 Å². The van der Waals surface area contributed by atoms with Gasteiger partial charge in [0.25, 0.3) is 0 Å². The summed E-state index contributed by atoms with van der Waals surface area (Å²) in [5.41, 5.74) is 3.53. The van der Waals surface area contributed by atoms with E-state index in [1.54, 1.807) is 12.0 Å². The summed E-state index contributed by atoms with van der Waals surface area (Å²) in [6, 6.07) is 0. The second-order valence-corrected chi connectivity index (χ2v) is 5.76. The van der Waals surface area contributed by atoms with Crippen molar-refractivity contribution in [3.8, 4) is 0 Å². The molecule has 4 saturated carbocycles. The minimum Gasteiger partial charge on any atom is -0.0767 e. The molecule has 0 aliphatic heterocycles. The predicted octanol–water partition coefficient (Wildman–Crippen LogP) is 3.78. The molecule has 4 aliphatic rings. The maximum Gasteiger partial charge on any atom is -0.0193 e. The Bertz CT molecular complexity index is 225. The lowest BCUT2D eigenvalue weighted by Crippen LogP contribution is -2.40. The van der Waals surface area contributed by atoms with Gasteiger partial charge in [0.2, 0.25) is 0 Å². The van der Waals surface area contributed by atoms with Crippen molar-refractivity contribution < 1.29 is 0 Å². The second-order valence-electron chi connectivity index (χ2n) is 5.76. The maximum atomic E-state index is 2.33. The summed E-state index contributed by atoms with van der Waals surface area (Å²) < 4.78 is 0. The first kappa shape index (κ1) is 8.08. The summed E-state index contributed by atoms with van der Waals surface area (Å²) in [6.45, 7) is 4.66. The van der Waals surface area contributed by atoms with Crippen LogP contribution in [0, 0.1) is 23.7 Å². The van der Waals surface area contributed by atoms with Crippen LogP contribution in [0.4, 0.5) is 0 Å². The number of hydrogen-bond acceptors (Lipinski definition) is 0. The van der Waals surface area contributed by atoms with Gasteiger partial charge >= 0.3 is 0 Å². The van der Waals surface area contributed by atoms with Crippen LogP contribution in [0.5, 0.6) is 0 Å². The average Bonchev–Trinajstić information content (AvgIpc) is 2.00. The average molecular weight is 176 g/mol. The van der Waals surface area contributed by atoms with Crippen molar-refractivity contribution in [2.45, 2.75) is 46.0 Å². The molecule has 0 amide bonds. The highest BCUT2D eigenvalue weighted by molar-refractivity contribution is 5.24. The highest BCUT2D eigenvalue weighted by Crippen LogP contribution is 2.56. The first-order chi connectivity index (χ1) is 6.24. The zero-order chi connectivity index (χ0) is 9.00. The van der Waals surface area contributed by atoms with Crippen LogP contribution in [0.1, 0.15) is 46.0 Å². The summed E-state index contributed by atoms with van der Waals surface area (Å²) in [4.78, 5) is 0. The van der Waals surface area contributed by atoms with Gasteiger partial charge in [-0.25, -0.2) is 0 Å². The SMILES string of the molecule is CC(C)=C1C2CC3CC(C2)CC1C3. The molecular formula is C13H20. The third-order valence-corrected chi connectivity index (χ3v) is 4.60. The van der Waals surface area contributed by atoms with E-state index in [1.807, 2.05) is 5.57 Å². The lowest BCUT2D eigenvalue weighted by molar-refractivity contribution is 0.0684. The van der Waals surface area contributed by atoms with Gasteiger partial charge in [-0.15, -0.1) is 0 Å². The molecule has 0 atom stereocenters. The zero-order valence-electron chi connectivity index (χ0n) is 8.84. The Balaban J connectivity index is 1.98. The minimum atomic E-state index is 1.02. The molecular weight excluding hydrogens is 156 g/mol. The van der Waals surface area contributed by atoms with Crippen molar-refractivity contribution in [1.29, 1.82) is 0 Å². The van der Waals surface area contributed by atoms with E-state index in [4.69, 9.17) is 0 Å². The van der Waals surface area contributed by atoms with E-state index in [-0.39, 0.29) is 0 Å². The predicted molar refractivity (Wildman–Crippen MR) is 55.4 cm³/mol. The smallest absolute Gasteiger partial charge is 0.0193 e. The zero-order valence-corrected chi connectivity index (χ0v) is 8.84. The fourth-order valence-corrected chi connectivity index (χ4v) is 4.51. The molecule has 4 rings (SSSR count). The molecule has 0 saturated heterocycles. The Hall–Kier alpha value is -0.260. The van der Waals surface area contributed by atoms with Gasteiger partial charge in [0, 0.05) is 0 Å². The third-order valence-electron chi connectivity index (χ3n) is 4.60. The van der Waals surface area contributed by atoms with E-state index in [0.29, 0.717) is 0 Å². The third kappa shape index (κ3) is 1.11. The fourth-order valence-electron chi connectivity index (χ4n) is 4.51. The van der Waals surface area contributed by atoms with E-state index in [0.717, 1.165) is 23.7 Å². The van der Waals surface area contributed by atoms with Crippen LogP contribution in [0.15, 0.2) is 11.1 Å². The molecule has 4 fully saturated rings. The van der Waals surface area contributed by atoms with Gasteiger partial charge < -0.3 is 0 Å². The van der Waals surface area contributed by atoms with Crippen LogP contribution in [-0.2, 0) is 0 Å². The monoisotopic (exact) mass is 176 g/mol. The maximum absolute atomic E-state index is 2.33. The number of hydrogen-bond donors (Lipinski definition) is 0. The molecule has 72 valence electrons. The van der Waals surface area contributed by atoms with Gasteiger partial charge in [-0.3, -0.25) is 0 Å². The van der Waals surface area contributed by atoms with E-state index in [9.17, 15) is 0 Å². The fraction of sp³-hybridized carbons (Fsp3) is 0.846. The molecule has 4 bridgehead atoms. The quantitative estimate of drug-likeness (QED) is 0.493. The van der Waals surface area contributed by atoms with Crippen molar-refractivity contribution >= 4 is 0 Å². The van der Waals surface area contributed by atoms with Crippen molar-refractivity contribution in [2.24, 2.45) is 23.7 Å². The summed E-state index contributed by atoms with van der Waals surface area (Å²) in [5, 5.41) is 0. The summed E-state index contributed by atoms with van der Waals surface area (Å²) >= 11 is 0. The van der Waals surface area contributed by atoms with Gasteiger partial charge in [0.15, 0.2) is 0 Å². The van der Waals surface area contributed by atoms with Crippen LogP contribution in [0.25, 0.3) is 0 Å². The molecule has 0 unspecified atom stereocenters. The Kier molecular flexibility index (Phi) is 1.63. The highest BCUT2D eigenvalue weighted by atomic mass is 14.5. The Morgan fingerprint density at radius 2 is 1.31 bits per heavy atom. The summed E-state index contributed by atoms with van der Waals surface area (Å²) in [5.74, 6) is 4.26. The van der Waals surface area contributed by atoms with Crippen molar-refractivity contribution in [1.82, 2.24) is 0 Å². The molecule has 0 radical (unpaired) electrons. The van der Waals surface area contributed by atoms with E-state index < -0.39 is 0 Å². The van der Waals surface area contributed by atoms with Gasteiger partial charge in [-0.1, -0.05) is 11.1 Å². The van der Waals surface area contributed by atoms with Gasteiger partial charge in [-0.2, -0.15) is 0 Å². The minimum absolute atomic E-state index is 1.02. The highest BCUT2D eigenvalue weighted by Gasteiger charge is 2.45. The molecule has 0 nitrogen and oxygen atoms in total. The molecule has 0 heteroatoms. The lowest BCUT2D eigenvalue weighted by Gasteiger charge is -2.52. The Labute approximate surface area is 81.4 Å². The molecule has 0 heterocycles. The molecule has 0 spiro atoms. The van der Waals surface area contributed by atoms with Crippen LogP contribution < -0.4 is 0 Å². The first-order valence-electron chi connectivity index (χ1n) is 5.91. The first-order valence-corrected chi connectivity index (χ1v) is 5.91. The van der Waals surface area contributed by atoms with Gasteiger partial charge in [-0.05, 0) is 69.6 Å². The molecule has 0 aromatic heterocycles. The largest absolute Gasteiger partial charge is 0.0767 e. The Morgan fingerprint density at radius 1 is 0.846 bits per heavy atom. The van der Waals surface area contributed by atoms with Crippen LogP contribution in [0.3, 0.4) is 0 Å².